The van der Waals surface area contributed by atoms with Gasteiger partial charge in [-0.2, -0.15) is 0 Å². The highest BCUT2D eigenvalue weighted by atomic mass is 35.5. The van der Waals surface area contributed by atoms with E-state index in [9.17, 15) is 5.11 Å². The minimum Gasteiger partial charge on any atom is -0.507 e. The molecule has 1 aromatic carbocycles. The van der Waals surface area contributed by atoms with Crippen LogP contribution in [0.25, 0.3) is 0 Å². The van der Waals surface area contributed by atoms with Crippen molar-refractivity contribution in [1.29, 1.82) is 0 Å². The van der Waals surface area contributed by atoms with E-state index < -0.39 is 0 Å². The van der Waals surface area contributed by atoms with Crippen LogP contribution in [0.2, 0.25) is 5.02 Å². The summed E-state index contributed by atoms with van der Waals surface area (Å²) in [7, 11) is 0. The third-order valence-electron chi connectivity index (χ3n) is 2.45. The Bertz CT molecular complexity index is 354. The van der Waals surface area contributed by atoms with E-state index in [1.165, 1.54) is 0 Å². The first kappa shape index (κ1) is 12.3. The normalized spacial score (nSPS) is 11.9. The van der Waals surface area contributed by atoms with Crippen LogP contribution in [0.4, 0.5) is 0 Å². The Balaban J connectivity index is 3.27. The lowest BCUT2D eigenvalue weighted by molar-refractivity contribution is 0.445. The van der Waals surface area contributed by atoms with Gasteiger partial charge in [0.25, 0.3) is 0 Å². The Kier molecular flexibility index (Phi) is 3.31. The van der Waals surface area contributed by atoms with E-state index >= 15 is 0 Å². The van der Waals surface area contributed by atoms with Gasteiger partial charge < -0.3 is 10.8 Å². The number of aryl methyl sites for hydroxylation is 1. The van der Waals surface area contributed by atoms with Crippen LogP contribution in [-0.2, 0) is 6.42 Å². The standard InChI is InChI=1S/C12H18ClNO/c1-7-5-10(13)8(2)9(11(7)15)6-12(3,4)14/h5,15H,6,14H2,1-4H3. The summed E-state index contributed by atoms with van der Waals surface area (Å²) in [4.78, 5) is 0. The van der Waals surface area contributed by atoms with Gasteiger partial charge in [-0.25, -0.2) is 0 Å². The fraction of sp³-hybridized carbons (Fsp3) is 0.500. The highest BCUT2D eigenvalue weighted by molar-refractivity contribution is 6.31. The third-order valence-corrected chi connectivity index (χ3v) is 2.84. The van der Waals surface area contributed by atoms with Crippen LogP contribution in [0.3, 0.4) is 0 Å². The number of phenolic OH excluding ortho intramolecular Hbond substituents is 1. The maximum atomic E-state index is 9.95. The van der Waals surface area contributed by atoms with Crippen molar-refractivity contribution >= 4 is 11.6 Å². The van der Waals surface area contributed by atoms with Crippen molar-refractivity contribution in [3.63, 3.8) is 0 Å². The molecule has 0 fully saturated rings. The largest absolute Gasteiger partial charge is 0.507 e. The Hall–Kier alpha value is -0.730. The van der Waals surface area contributed by atoms with Gasteiger partial charge in [-0.15, -0.1) is 0 Å². The van der Waals surface area contributed by atoms with Crippen LogP contribution in [0, 0.1) is 13.8 Å². The number of nitrogens with two attached hydrogens (primary N) is 1. The van der Waals surface area contributed by atoms with Crippen molar-refractivity contribution < 1.29 is 5.11 Å². The average molecular weight is 228 g/mol. The molecule has 0 aliphatic heterocycles. The molecule has 0 spiro atoms. The fourth-order valence-electron chi connectivity index (χ4n) is 1.60. The number of hydrogen-bond donors (Lipinski definition) is 2. The highest BCUT2D eigenvalue weighted by Gasteiger charge is 2.18. The molecule has 0 aromatic heterocycles. The van der Waals surface area contributed by atoms with E-state index in [-0.39, 0.29) is 5.54 Å². The molecule has 0 atom stereocenters. The van der Waals surface area contributed by atoms with Crippen LogP contribution >= 0.6 is 11.6 Å². The van der Waals surface area contributed by atoms with Crippen LogP contribution < -0.4 is 5.73 Å². The molecular formula is C12H18ClNO. The van der Waals surface area contributed by atoms with Gasteiger partial charge in [0.05, 0.1) is 0 Å². The van der Waals surface area contributed by atoms with Gasteiger partial charge >= 0.3 is 0 Å². The molecule has 0 amide bonds. The summed E-state index contributed by atoms with van der Waals surface area (Å²) in [6.07, 6.45) is 0.617. The second-order valence-electron chi connectivity index (χ2n) is 4.79. The summed E-state index contributed by atoms with van der Waals surface area (Å²) in [6, 6.07) is 1.78. The van der Waals surface area contributed by atoms with Crippen LogP contribution in [-0.4, -0.2) is 10.6 Å². The summed E-state index contributed by atoms with van der Waals surface area (Å²) >= 11 is 6.07. The van der Waals surface area contributed by atoms with Gasteiger partial charge in [0, 0.05) is 16.1 Å². The van der Waals surface area contributed by atoms with Crippen molar-refractivity contribution in [2.45, 2.75) is 39.7 Å². The lowest BCUT2D eigenvalue weighted by Crippen LogP contribution is -2.34. The van der Waals surface area contributed by atoms with Gasteiger partial charge in [-0.1, -0.05) is 11.6 Å². The molecule has 0 saturated heterocycles. The summed E-state index contributed by atoms with van der Waals surface area (Å²) in [5, 5.41) is 10.6. The number of benzene rings is 1. The van der Waals surface area contributed by atoms with Crippen LogP contribution in [0.15, 0.2) is 6.07 Å². The molecule has 84 valence electrons. The molecule has 0 unspecified atom stereocenters. The van der Waals surface area contributed by atoms with E-state index in [1.54, 1.807) is 6.07 Å². The van der Waals surface area contributed by atoms with Crippen molar-refractivity contribution in [2.24, 2.45) is 5.73 Å². The molecule has 0 aliphatic carbocycles. The molecule has 15 heavy (non-hydrogen) atoms. The SMILES string of the molecule is Cc1cc(Cl)c(C)c(CC(C)(C)N)c1O. The molecule has 1 aromatic rings. The zero-order valence-electron chi connectivity index (χ0n) is 9.69. The first-order valence-corrected chi connectivity index (χ1v) is 5.36. The molecule has 0 heterocycles. The van der Waals surface area contributed by atoms with E-state index in [4.69, 9.17) is 17.3 Å². The lowest BCUT2D eigenvalue weighted by Gasteiger charge is -2.22. The Morgan fingerprint density at radius 1 is 1.40 bits per heavy atom. The van der Waals surface area contributed by atoms with Gasteiger partial charge in [0.2, 0.25) is 0 Å². The molecule has 0 aliphatic rings. The smallest absolute Gasteiger partial charge is 0.122 e. The Morgan fingerprint density at radius 2 is 1.93 bits per heavy atom. The van der Waals surface area contributed by atoms with Crippen LogP contribution in [0.5, 0.6) is 5.75 Å². The maximum absolute atomic E-state index is 9.95. The molecule has 2 nitrogen and oxygen atoms in total. The minimum absolute atomic E-state index is 0.315. The summed E-state index contributed by atoms with van der Waals surface area (Å²) < 4.78 is 0. The molecule has 3 N–H and O–H groups in total. The quantitative estimate of drug-likeness (QED) is 0.816. The molecule has 3 heteroatoms. The van der Waals surface area contributed by atoms with Gasteiger partial charge in [0.1, 0.15) is 5.75 Å². The number of halogens is 1. The zero-order chi connectivity index (χ0) is 11.8. The second-order valence-corrected chi connectivity index (χ2v) is 5.20. The van der Waals surface area contributed by atoms with E-state index in [1.807, 2.05) is 27.7 Å². The topological polar surface area (TPSA) is 46.2 Å². The van der Waals surface area contributed by atoms with Crippen molar-refractivity contribution in [1.82, 2.24) is 0 Å². The highest BCUT2D eigenvalue weighted by Crippen LogP contribution is 2.32. The molecule has 0 radical (unpaired) electrons. The lowest BCUT2D eigenvalue weighted by atomic mass is 9.91. The van der Waals surface area contributed by atoms with E-state index in [0.717, 1.165) is 16.7 Å². The fourth-order valence-corrected chi connectivity index (χ4v) is 1.88. The van der Waals surface area contributed by atoms with Gasteiger partial charge in [-0.3, -0.25) is 0 Å². The number of rotatable bonds is 2. The predicted octanol–water partition coefficient (Wildman–Crippen LogP) is 2.94. The Morgan fingerprint density at radius 3 is 2.40 bits per heavy atom. The van der Waals surface area contributed by atoms with Crippen molar-refractivity contribution in [3.8, 4) is 5.75 Å². The van der Waals surface area contributed by atoms with Crippen LogP contribution in [0.1, 0.15) is 30.5 Å². The van der Waals surface area contributed by atoms with Crippen molar-refractivity contribution in [3.05, 3.63) is 27.8 Å². The van der Waals surface area contributed by atoms with E-state index in [0.29, 0.717) is 17.2 Å². The summed E-state index contributed by atoms with van der Waals surface area (Å²) in [5.41, 5.74) is 8.17. The average Bonchev–Trinajstić information content (AvgIpc) is 2.08. The molecule has 0 saturated carbocycles. The Labute approximate surface area is 96.1 Å². The summed E-state index contributed by atoms with van der Waals surface area (Å²) in [6.45, 7) is 7.61. The van der Waals surface area contributed by atoms with Gasteiger partial charge in [-0.05, 0) is 51.3 Å². The molecule has 0 bridgehead atoms. The predicted molar refractivity (Wildman–Crippen MR) is 64.6 cm³/mol. The number of hydrogen-bond acceptors (Lipinski definition) is 2. The van der Waals surface area contributed by atoms with E-state index in [2.05, 4.69) is 0 Å². The summed E-state index contributed by atoms with van der Waals surface area (Å²) in [5.74, 6) is 0.315. The van der Waals surface area contributed by atoms with Gasteiger partial charge in [0.15, 0.2) is 0 Å². The third kappa shape index (κ3) is 2.86. The zero-order valence-corrected chi connectivity index (χ0v) is 10.4. The first-order chi connectivity index (χ1) is 6.72. The molecule has 1 rings (SSSR count). The maximum Gasteiger partial charge on any atom is 0.122 e. The minimum atomic E-state index is -0.348. The molecular weight excluding hydrogens is 210 g/mol. The number of aromatic hydroxyl groups is 1. The second kappa shape index (κ2) is 4.03. The van der Waals surface area contributed by atoms with Crippen molar-refractivity contribution in [2.75, 3.05) is 0 Å². The monoisotopic (exact) mass is 227 g/mol. The first-order valence-electron chi connectivity index (χ1n) is 4.99. The number of phenols is 1.